The predicted octanol–water partition coefficient (Wildman–Crippen LogP) is 4.81. The molecule has 2 heterocycles. The van der Waals surface area contributed by atoms with Crippen LogP contribution >= 0.6 is 0 Å². The summed E-state index contributed by atoms with van der Waals surface area (Å²) in [5, 5.41) is 3.19. The maximum Gasteiger partial charge on any atom is 0.132 e. The highest BCUT2D eigenvalue weighted by atomic mass is 16.5. The van der Waals surface area contributed by atoms with Crippen LogP contribution in [0.5, 0.6) is 11.5 Å². The summed E-state index contributed by atoms with van der Waals surface area (Å²) >= 11 is 0. The average molecular weight is 431 g/mol. The molecule has 32 heavy (non-hydrogen) atoms. The van der Waals surface area contributed by atoms with Gasteiger partial charge in [0.15, 0.2) is 0 Å². The molecule has 0 spiro atoms. The van der Waals surface area contributed by atoms with Crippen LogP contribution in [0.2, 0.25) is 0 Å². The van der Waals surface area contributed by atoms with Crippen molar-refractivity contribution in [3.05, 3.63) is 83.0 Å². The van der Waals surface area contributed by atoms with E-state index in [-0.39, 0.29) is 0 Å². The van der Waals surface area contributed by atoms with E-state index in [9.17, 15) is 0 Å². The molecule has 0 aliphatic heterocycles. The van der Waals surface area contributed by atoms with Crippen LogP contribution in [0.4, 0.5) is 5.82 Å². The van der Waals surface area contributed by atoms with Crippen molar-refractivity contribution in [3.63, 3.8) is 0 Å². The van der Waals surface area contributed by atoms with E-state index in [1.165, 1.54) is 11.1 Å². The molecule has 6 nitrogen and oxygen atoms in total. The molecule has 0 unspecified atom stereocenters. The third-order valence-electron chi connectivity index (χ3n) is 5.55. The molecule has 4 rings (SSSR count). The van der Waals surface area contributed by atoms with E-state index < -0.39 is 0 Å². The number of aromatic nitrogens is 2. The minimum Gasteiger partial charge on any atom is -0.497 e. The molecular formula is C26H30N4O2. The van der Waals surface area contributed by atoms with Crippen LogP contribution in [0.25, 0.3) is 11.0 Å². The maximum atomic E-state index is 5.32. The Kier molecular flexibility index (Phi) is 6.61. The molecule has 6 heteroatoms. The molecule has 0 saturated carbocycles. The first-order valence-corrected chi connectivity index (χ1v) is 10.7. The summed E-state index contributed by atoms with van der Waals surface area (Å²) in [4.78, 5) is 10.8. The van der Waals surface area contributed by atoms with Crippen molar-refractivity contribution in [1.29, 1.82) is 0 Å². The summed E-state index contributed by atoms with van der Waals surface area (Å²) in [6, 6.07) is 20.7. The number of benzene rings is 2. The van der Waals surface area contributed by atoms with Gasteiger partial charge in [0, 0.05) is 25.3 Å². The van der Waals surface area contributed by atoms with Crippen LogP contribution in [0, 0.1) is 6.92 Å². The highest BCUT2D eigenvalue weighted by molar-refractivity contribution is 5.79. The van der Waals surface area contributed by atoms with Crippen molar-refractivity contribution in [2.75, 3.05) is 26.2 Å². The van der Waals surface area contributed by atoms with Crippen LogP contribution < -0.4 is 19.7 Å². The Bertz CT molecular complexity index is 1120. The highest BCUT2D eigenvalue weighted by Crippen LogP contribution is 2.27. The first-order valence-electron chi connectivity index (χ1n) is 10.7. The third kappa shape index (κ3) is 4.86. The molecule has 0 saturated heterocycles. The van der Waals surface area contributed by atoms with Crippen LogP contribution in [0.3, 0.4) is 0 Å². The summed E-state index contributed by atoms with van der Waals surface area (Å²) in [5.74, 6) is 2.70. The zero-order valence-corrected chi connectivity index (χ0v) is 19.1. The maximum absolute atomic E-state index is 5.32. The topological polar surface area (TPSA) is 62.4 Å². The molecule has 0 aliphatic rings. The van der Waals surface area contributed by atoms with Gasteiger partial charge < -0.3 is 24.7 Å². The number of ether oxygens (including phenoxy) is 2. The Morgan fingerprint density at radius 1 is 0.875 bits per heavy atom. The Morgan fingerprint density at radius 3 is 1.94 bits per heavy atom. The number of H-pyrrole nitrogens is 1. The van der Waals surface area contributed by atoms with Crippen LogP contribution in [0.1, 0.15) is 22.4 Å². The molecule has 0 fully saturated rings. The normalized spacial score (nSPS) is 11.0. The van der Waals surface area contributed by atoms with Gasteiger partial charge >= 0.3 is 0 Å². The molecule has 2 N–H and O–H groups in total. The van der Waals surface area contributed by atoms with Crippen molar-refractivity contribution in [1.82, 2.24) is 15.3 Å². The Balaban J connectivity index is 1.70. The number of nitrogens with zero attached hydrogens (tertiary/aromatic N) is 2. The van der Waals surface area contributed by atoms with E-state index in [2.05, 4.69) is 58.5 Å². The van der Waals surface area contributed by atoms with E-state index in [1.54, 1.807) is 14.2 Å². The monoisotopic (exact) mass is 430 g/mol. The van der Waals surface area contributed by atoms with Gasteiger partial charge in [0.1, 0.15) is 17.3 Å². The lowest BCUT2D eigenvalue weighted by molar-refractivity contribution is 0.414. The van der Waals surface area contributed by atoms with Crippen molar-refractivity contribution >= 4 is 16.9 Å². The van der Waals surface area contributed by atoms with Crippen molar-refractivity contribution in [2.24, 2.45) is 0 Å². The van der Waals surface area contributed by atoms with Gasteiger partial charge in [-0.3, -0.25) is 0 Å². The lowest BCUT2D eigenvalue weighted by atomic mass is 10.1. The van der Waals surface area contributed by atoms with Gasteiger partial charge in [-0.05, 0) is 67.1 Å². The molecule has 0 atom stereocenters. The molecular weight excluding hydrogens is 400 g/mol. The molecule has 2 aromatic heterocycles. The third-order valence-corrected chi connectivity index (χ3v) is 5.55. The minimum absolute atomic E-state index is 0.739. The number of pyridine rings is 1. The molecule has 2 aromatic carbocycles. The summed E-state index contributed by atoms with van der Waals surface area (Å²) < 4.78 is 10.6. The number of hydrogen-bond donors (Lipinski definition) is 2. The SMILES string of the molecule is CNCc1cc2nc(N(Cc3ccc(OC)cc3)Cc3ccc(OC)cc3)c(C)cc2[nH]1. The van der Waals surface area contributed by atoms with E-state index in [0.717, 1.165) is 59.2 Å². The number of aryl methyl sites for hydroxylation is 1. The minimum atomic E-state index is 0.739. The number of rotatable bonds is 9. The summed E-state index contributed by atoms with van der Waals surface area (Å²) in [5.41, 5.74) is 6.70. The second-order valence-electron chi connectivity index (χ2n) is 7.94. The Morgan fingerprint density at radius 2 is 1.44 bits per heavy atom. The van der Waals surface area contributed by atoms with E-state index in [0.29, 0.717) is 0 Å². The number of fused-ring (bicyclic) bond motifs is 1. The second kappa shape index (κ2) is 9.75. The first-order chi connectivity index (χ1) is 15.6. The number of methoxy groups -OCH3 is 2. The van der Waals surface area contributed by atoms with Crippen molar-refractivity contribution < 1.29 is 9.47 Å². The lowest BCUT2D eigenvalue weighted by Gasteiger charge is -2.26. The fourth-order valence-corrected chi connectivity index (χ4v) is 3.92. The Hall–Kier alpha value is -3.51. The van der Waals surface area contributed by atoms with Crippen LogP contribution in [0.15, 0.2) is 60.7 Å². The van der Waals surface area contributed by atoms with E-state index in [1.807, 2.05) is 31.3 Å². The van der Waals surface area contributed by atoms with Crippen LogP contribution in [-0.4, -0.2) is 31.2 Å². The summed E-state index contributed by atoms with van der Waals surface area (Å²) in [6.07, 6.45) is 0. The quantitative estimate of drug-likeness (QED) is 0.399. The smallest absolute Gasteiger partial charge is 0.132 e. The van der Waals surface area contributed by atoms with Gasteiger partial charge in [0.2, 0.25) is 0 Å². The standard InChI is InChI=1S/C26H30N4O2/c1-18-13-24-25(14-21(28-24)15-27-2)29-26(18)30(16-19-5-9-22(31-3)10-6-19)17-20-7-11-23(32-4)12-8-20/h5-14,27-28H,15-17H2,1-4H3. The number of anilines is 1. The zero-order valence-electron chi connectivity index (χ0n) is 19.1. The summed E-state index contributed by atoms with van der Waals surface area (Å²) in [7, 11) is 5.32. The van der Waals surface area contributed by atoms with E-state index >= 15 is 0 Å². The first kappa shape index (κ1) is 21.7. The van der Waals surface area contributed by atoms with Gasteiger partial charge in [-0.2, -0.15) is 0 Å². The number of nitrogens with one attached hydrogen (secondary N) is 2. The largest absolute Gasteiger partial charge is 0.497 e. The molecule has 0 aliphatic carbocycles. The molecule has 4 aromatic rings. The van der Waals surface area contributed by atoms with Gasteiger partial charge in [-0.25, -0.2) is 4.98 Å². The Labute approximate surface area is 189 Å². The van der Waals surface area contributed by atoms with E-state index in [4.69, 9.17) is 14.5 Å². The second-order valence-corrected chi connectivity index (χ2v) is 7.94. The van der Waals surface area contributed by atoms with Gasteiger partial charge in [-0.1, -0.05) is 24.3 Å². The van der Waals surface area contributed by atoms with Crippen molar-refractivity contribution in [3.8, 4) is 11.5 Å². The van der Waals surface area contributed by atoms with Crippen LogP contribution in [-0.2, 0) is 19.6 Å². The molecule has 0 radical (unpaired) electrons. The fraction of sp³-hybridized carbons (Fsp3) is 0.269. The molecule has 166 valence electrons. The summed E-state index contributed by atoms with van der Waals surface area (Å²) in [6.45, 7) is 4.38. The number of aromatic amines is 1. The predicted molar refractivity (Wildman–Crippen MR) is 129 cm³/mol. The zero-order chi connectivity index (χ0) is 22.5. The van der Waals surface area contributed by atoms with Gasteiger partial charge in [0.05, 0.1) is 25.3 Å². The van der Waals surface area contributed by atoms with Gasteiger partial charge in [-0.15, -0.1) is 0 Å². The fourth-order valence-electron chi connectivity index (χ4n) is 3.92. The average Bonchev–Trinajstić information content (AvgIpc) is 3.20. The molecule has 0 bridgehead atoms. The van der Waals surface area contributed by atoms with Gasteiger partial charge in [0.25, 0.3) is 0 Å². The highest BCUT2D eigenvalue weighted by Gasteiger charge is 2.15. The van der Waals surface area contributed by atoms with Crippen molar-refractivity contribution in [2.45, 2.75) is 26.6 Å². The lowest BCUT2D eigenvalue weighted by Crippen LogP contribution is -2.24. The number of hydrogen-bond acceptors (Lipinski definition) is 5. The molecule has 0 amide bonds.